The molecule has 17 aliphatic rings. The fourth-order valence-corrected chi connectivity index (χ4v) is 19.1. The maximum atomic E-state index is 14.1. The number of ketones is 2. The molecule has 17 aliphatic heterocycles. The van der Waals surface area contributed by atoms with E-state index < -0.39 is 272 Å². The number of hydrogen-bond acceptors (Lipinski definition) is 48. The summed E-state index contributed by atoms with van der Waals surface area (Å²) in [5.74, 6) is -6.05. The number of aliphatic hydroxyl groups excluding tert-OH is 18. The van der Waals surface area contributed by atoms with Gasteiger partial charge >= 0.3 is 0 Å². The Labute approximate surface area is 718 Å². The summed E-state index contributed by atoms with van der Waals surface area (Å²) in [5.41, 5.74) is 0. The SMILES string of the molecule is CN[C@H](CSCC1O[C@H]2O[C@H]3C(CO)O[C@H](O[C@]4(O)CO[C@H](O[C@@H]5C(CO)O[C@H](O[C@@H]6C(CSC[C@@H](CC(=O)CCOCCOCCC(C)=O)C(=O)NCCSSc7ccccn7)O[C@H](OC[C@H](O)C(O)[C@@H](OCCO)O[C@H]7C(CO)O[C@H](O[C@H]1[C@H](O)C2O)C(O)[C@H]7O)C(O)[C@H]6O)C(O)[C@H]5O)C(O)[C@H]4O)C(O)[C@H]3O)C(=O)NCSSc1ccccn1. The molecule has 2 amide bonds. The van der Waals surface area contributed by atoms with Crippen LogP contribution in [0.25, 0.3) is 0 Å². The average Bonchev–Trinajstić information content (AvgIpc) is 0.795. The highest BCUT2D eigenvalue weighted by Crippen LogP contribution is 2.40. The minimum atomic E-state index is -3.14. The first kappa shape index (κ1) is 102. The van der Waals surface area contributed by atoms with Crippen LogP contribution in [0, 0.1) is 5.92 Å². The van der Waals surface area contributed by atoms with Crippen LogP contribution in [0.3, 0.4) is 0 Å². The normalized spacial score (nSPS) is 38.3. The summed E-state index contributed by atoms with van der Waals surface area (Å²) < 4.78 is 93.7. The number of pyridine rings is 2. The summed E-state index contributed by atoms with van der Waals surface area (Å²) in [6, 6.07) is 9.77. The minimum absolute atomic E-state index is 0.0423. The van der Waals surface area contributed by atoms with Crippen LogP contribution >= 0.6 is 66.7 Å². The number of aromatic nitrogens is 2. The van der Waals surface area contributed by atoms with Crippen LogP contribution in [-0.2, 0) is 95.0 Å². The number of likely N-dealkylation sites (N-methyl/N-ethyl adjacent to an activating group) is 1. The van der Waals surface area contributed by atoms with Crippen LogP contribution in [-0.4, -0.2) is 454 Å². The Morgan fingerprint density at radius 3 is 1.50 bits per heavy atom. The molecular formula is C71H111N5O39S6. The van der Waals surface area contributed by atoms with Gasteiger partial charge in [-0.15, -0.1) is 0 Å². The van der Waals surface area contributed by atoms with E-state index in [1.807, 2.05) is 6.07 Å². The molecule has 690 valence electrons. The molecule has 0 saturated carbocycles. The highest BCUT2D eigenvalue weighted by Gasteiger charge is 2.60. The number of rotatable bonds is 37. The van der Waals surface area contributed by atoms with Gasteiger partial charge in [0, 0.05) is 67.0 Å². The van der Waals surface area contributed by atoms with Crippen LogP contribution in [0.1, 0.15) is 26.2 Å². The molecule has 0 spiro atoms. The summed E-state index contributed by atoms with van der Waals surface area (Å²) >= 11 is 1.95. The minimum Gasteiger partial charge on any atom is -0.394 e. The number of thioether (sulfide) groups is 2. The predicted molar refractivity (Wildman–Crippen MR) is 420 cm³/mol. The second kappa shape index (κ2) is 51.0. The molecule has 19 rings (SSSR count). The number of hydrogen-bond donors (Lipinski definition) is 22. The smallest absolute Gasteiger partial charge is 0.238 e. The van der Waals surface area contributed by atoms with Crippen molar-refractivity contribution in [3.63, 3.8) is 0 Å². The van der Waals surface area contributed by atoms with Crippen molar-refractivity contribution >= 4 is 90.1 Å². The van der Waals surface area contributed by atoms with E-state index in [1.165, 1.54) is 57.1 Å². The maximum absolute atomic E-state index is 14.1. The number of nitrogens with one attached hydrogen (secondary N) is 3. The maximum Gasteiger partial charge on any atom is 0.238 e. The Morgan fingerprint density at radius 2 is 0.983 bits per heavy atom. The summed E-state index contributed by atoms with van der Waals surface area (Å²) in [6.45, 7) is -5.15. The van der Waals surface area contributed by atoms with Crippen molar-refractivity contribution in [2.45, 2.75) is 239 Å². The quantitative estimate of drug-likeness (QED) is 0.0170. The molecule has 0 aliphatic carbocycles. The van der Waals surface area contributed by atoms with Crippen LogP contribution in [0.4, 0.5) is 0 Å². The Hall–Kier alpha value is -2.76. The van der Waals surface area contributed by atoms with Gasteiger partial charge in [-0.3, -0.25) is 19.2 Å². The fraction of sp³-hybridized carbons (Fsp3) is 0.803. The van der Waals surface area contributed by atoms with E-state index in [9.17, 15) is 116 Å². The van der Waals surface area contributed by atoms with Gasteiger partial charge in [-0.25, -0.2) is 9.97 Å². The summed E-state index contributed by atoms with van der Waals surface area (Å²) in [7, 11) is 6.85. The molecule has 2 aromatic heterocycles. The van der Waals surface area contributed by atoms with Gasteiger partial charge in [-0.1, -0.05) is 33.7 Å². The van der Waals surface area contributed by atoms with Crippen molar-refractivity contribution < 1.29 is 192 Å². The third-order valence-electron chi connectivity index (χ3n) is 20.0. The summed E-state index contributed by atoms with van der Waals surface area (Å²) in [5, 5.41) is 229. The molecule has 22 N–H and O–H groups in total. The summed E-state index contributed by atoms with van der Waals surface area (Å²) in [4.78, 5) is 61.1. The van der Waals surface area contributed by atoms with Crippen LogP contribution in [0.15, 0.2) is 58.8 Å². The molecule has 12 unspecified atom stereocenters. The average molecular weight is 1850 g/mol. The number of nitrogens with zero attached hydrogens (tertiary/aromatic N) is 2. The van der Waals surface area contributed by atoms with Crippen molar-refractivity contribution in [3.8, 4) is 0 Å². The lowest BCUT2D eigenvalue weighted by molar-refractivity contribution is -0.432. The monoisotopic (exact) mass is 1850 g/mol. The number of fused-ring (bicyclic) bond motifs is 1. The van der Waals surface area contributed by atoms with Crippen molar-refractivity contribution in [3.05, 3.63) is 48.8 Å². The van der Waals surface area contributed by atoms with Gasteiger partial charge in [0.25, 0.3) is 0 Å². The molecular weight excluding hydrogens is 1740 g/mol. The van der Waals surface area contributed by atoms with Gasteiger partial charge in [0.2, 0.25) is 17.6 Å². The first-order valence-electron chi connectivity index (χ1n) is 38.8. The number of ether oxygens (including phenoxy) is 16. The first-order valence-corrected chi connectivity index (χ1v) is 45.7. The number of carbonyl (C=O) groups is 4. The first-order chi connectivity index (χ1) is 58.0. The molecule has 17 saturated heterocycles. The van der Waals surface area contributed by atoms with Crippen LogP contribution < -0.4 is 16.0 Å². The van der Waals surface area contributed by atoms with E-state index in [0.29, 0.717) is 15.8 Å². The Morgan fingerprint density at radius 1 is 0.512 bits per heavy atom. The second-order valence-corrected chi connectivity index (χ2v) is 35.7. The zero-order valence-electron chi connectivity index (χ0n) is 65.5. The molecule has 50 heteroatoms. The van der Waals surface area contributed by atoms with Crippen molar-refractivity contribution in [1.29, 1.82) is 0 Å². The van der Waals surface area contributed by atoms with Gasteiger partial charge in [-0.05, 0) is 59.8 Å². The van der Waals surface area contributed by atoms with E-state index in [4.69, 9.17) is 75.8 Å². The number of carbonyl (C=O) groups excluding carboxylic acids is 4. The number of amides is 2. The molecule has 17 fully saturated rings. The van der Waals surface area contributed by atoms with Crippen LogP contribution in [0.2, 0.25) is 0 Å². The fourth-order valence-electron chi connectivity index (χ4n) is 13.3. The Balaban J connectivity index is 0.975. The standard InChI is InChI=1S/C71H111N5O39S6/c1-32(81)9-15-100-18-19-101-16-10-34(82)21-33(62(97)75-13-20-118-120-42-7-3-5-11-73-42)26-116-28-40-59-45(85)50(90)65(108-40)103-25-36(83)44(84)64(102-17-14-77)110-56-37(22-78)105-68(51(91)46(56)86)114-60-41(29-117-27-35(72-2)63(98)76-31-119-121-43-8-4-6-12-74-43)109-69(53(93)48(60)88)112-58-39(24-80)107-70(54(94)49(58)89)115-71(99)30-104-66(55(95)61(71)96)111-57-38(23-79)106-67(113-59)52(92)47(57)87/h3-8,11-12,33,35-41,44-61,64-70,72,77-80,83-96,99H,9-10,13-31H2,1-2H3,(H,75,97)(H,76,98)/t33-,35-,36+,37?,38?,39?,40?,41?,44?,45-,46-,47-,48-,49-,50?,51?,52?,53?,54?,55?,56+,57-,58+,59-,60-,61-,64+,65+,66-,67-,68-,69+,70-,71-/m1/s1. The number of Topliss-reactive ketones (excluding diaryl/α,β-unsaturated/α-hetero) is 2. The zero-order chi connectivity index (χ0) is 87.6. The molecule has 19 heterocycles. The third-order valence-corrected chi connectivity index (χ3v) is 26.7. The topological polar surface area (TPSA) is 662 Å². The Bertz CT molecular complexity index is 3370. The zero-order valence-corrected chi connectivity index (χ0v) is 70.4. The van der Waals surface area contributed by atoms with Gasteiger partial charge < -0.3 is 189 Å². The highest BCUT2D eigenvalue weighted by molar-refractivity contribution is 8.77. The second-order valence-electron chi connectivity index (χ2n) is 28.8. The molecule has 0 aromatic carbocycles. The van der Waals surface area contributed by atoms with Crippen molar-refractivity contribution in [1.82, 2.24) is 25.9 Å². The van der Waals surface area contributed by atoms with Gasteiger partial charge in [0.05, 0.1) is 96.1 Å². The van der Waals surface area contributed by atoms with E-state index >= 15 is 0 Å². The van der Waals surface area contributed by atoms with Crippen molar-refractivity contribution in [2.75, 3.05) is 121 Å². The van der Waals surface area contributed by atoms with E-state index in [-0.39, 0.29) is 86.9 Å². The predicted octanol–water partition coefficient (Wildman–Crippen LogP) is -9.11. The van der Waals surface area contributed by atoms with Gasteiger partial charge in [0.1, 0.15) is 163 Å². The van der Waals surface area contributed by atoms with E-state index in [0.717, 1.165) is 23.5 Å². The van der Waals surface area contributed by atoms with Gasteiger partial charge in [-0.2, -0.15) is 23.5 Å². The van der Waals surface area contributed by atoms with Crippen LogP contribution in [0.5, 0.6) is 0 Å². The van der Waals surface area contributed by atoms with E-state index in [1.54, 1.807) is 42.7 Å². The van der Waals surface area contributed by atoms with Crippen molar-refractivity contribution in [2.24, 2.45) is 5.92 Å². The number of aliphatic hydroxyl groups is 19. The molecule has 12 bridgehead atoms. The molecule has 34 atom stereocenters. The summed E-state index contributed by atoms with van der Waals surface area (Å²) in [6.07, 6.45) is -62.4. The van der Waals surface area contributed by atoms with Gasteiger partial charge in [0.15, 0.2) is 44.0 Å². The molecule has 121 heavy (non-hydrogen) atoms. The highest BCUT2D eigenvalue weighted by atomic mass is 33.1. The molecule has 2 aromatic rings. The lowest BCUT2D eigenvalue weighted by Crippen LogP contribution is -2.69. The lowest BCUT2D eigenvalue weighted by Gasteiger charge is -2.50. The Kier molecular flexibility index (Phi) is 43.0. The molecule has 0 radical (unpaired) electrons. The van der Waals surface area contributed by atoms with E-state index in [2.05, 4.69) is 25.9 Å². The third kappa shape index (κ3) is 28.6. The largest absolute Gasteiger partial charge is 0.394 e. The lowest BCUT2D eigenvalue weighted by atomic mass is 9.95. The molecule has 44 nitrogen and oxygen atoms in total.